The first-order valence-electron chi connectivity index (χ1n) is 11.5. The molecular formula is C27H32N4O2. The average Bonchev–Trinajstić information content (AvgIpc) is 3.04. The largest absolute Gasteiger partial charge is 0.342 e. The number of nitrogens with one attached hydrogen (secondary N) is 1. The number of aliphatic imine (C=N–C) groups is 1. The van der Waals surface area contributed by atoms with Crippen LogP contribution in [0.25, 0.3) is 5.57 Å². The van der Waals surface area contributed by atoms with Crippen molar-refractivity contribution in [1.82, 2.24) is 15.1 Å². The second kappa shape index (κ2) is 9.22. The molecule has 1 saturated heterocycles. The van der Waals surface area contributed by atoms with Gasteiger partial charge < -0.3 is 15.1 Å². The normalized spacial score (nSPS) is 18.1. The third-order valence-corrected chi connectivity index (χ3v) is 6.28. The first-order valence-corrected chi connectivity index (χ1v) is 11.5. The lowest BCUT2D eigenvalue weighted by Gasteiger charge is -2.47. The monoisotopic (exact) mass is 444 g/mol. The summed E-state index contributed by atoms with van der Waals surface area (Å²) in [6.07, 6.45) is 2.67. The van der Waals surface area contributed by atoms with E-state index in [1.54, 1.807) is 0 Å². The number of aryl methyl sites for hydroxylation is 2. The van der Waals surface area contributed by atoms with Gasteiger partial charge in [-0.25, -0.2) is 0 Å². The number of hydrogen-bond donors (Lipinski definition) is 1. The van der Waals surface area contributed by atoms with Crippen LogP contribution in [-0.2, 0) is 4.79 Å². The van der Waals surface area contributed by atoms with Gasteiger partial charge in [-0.15, -0.1) is 0 Å². The van der Waals surface area contributed by atoms with Crippen LogP contribution in [0, 0.1) is 13.8 Å². The number of nitrogens with zero attached hydrogens (tertiary/aromatic N) is 3. The molecular weight excluding hydrogens is 412 g/mol. The Bertz CT molecular complexity index is 1100. The smallest absolute Gasteiger partial charge is 0.289 e. The van der Waals surface area contributed by atoms with Crippen molar-refractivity contribution in [2.24, 2.45) is 4.99 Å². The van der Waals surface area contributed by atoms with Gasteiger partial charge in [0, 0.05) is 37.9 Å². The summed E-state index contributed by atoms with van der Waals surface area (Å²) in [7, 11) is 0. The minimum Gasteiger partial charge on any atom is -0.342 e. The van der Waals surface area contributed by atoms with Gasteiger partial charge in [0.15, 0.2) is 5.84 Å². The van der Waals surface area contributed by atoms with Crippen LogP contribution >= 0.6 is 0 Å². The molecule has 0 bridgehead atoms. The highest BCUT2D eigenvalue weighted by Crippen LogP contribution is 2.24. The molecule has 6 heteroatoms. The van der Waals surface area contributed by atoms with Crippen LogP contribution in [0.4, 0.5) is 0 Å². The lowest BCUT2D eigenvalue weighted by Crippen LogP contribution is -2.63. The van der Waals surface area contributed by atoms with E-state index in [0.717, 1.165) is 28.7 Å². The van der Waals surface area contributed by atoms with E-state index in [0.29, 0.717) is 37.6 Å². The maximum atomic E-state index is 13.4. The highest BCUT2D eigenvalue weighted by Gasteiger charge is 2.40. The van der Waals surface area contributed by atoms with Gasteiger partial charge in [0.1, 0.15) is 0 Å². The van der Waals surface area contributed by atoms with Crippen LogP contribution in [0.1, 0.15) is 47.3 Å². The molecule has 2 aliphatic heterocycles. The van der Waals surface area contributed by atoms with E-state index in [1.165, 1.54) is 0 Å². The molecule has 1 fully saturated rings. The molecule has 1 N–H and O–H groups in total. The van der Waals surface area contributed by atoms with Crippen molar-refractivity contribution in [2.75, 3.05) is 26.2 Å². The predicted molar refractivity (Wildman–Crippen MR) is 132 cm³/mol. The van der Waals surface area contributed by atoms with Gasteiger partial charge in [0.25, 0.3) is 11.8 Å². The summed E-state index contributed by atoms with van der Waals surface area (Å²) >= 11 is 0. The zero-order valence-corrected chi connectivity index (χ0v) is 19.9. The van der Waals surface area contributed by atoms with Crippen molar-refractivity contribution in [3.05, 3.63) is 77.0 Å². The molecule has 0 aliphatic carbocycles. The molecule has 0 aromatic heterocycles. The number of amidine groups is 1. The highest BCUT2D eigenvalue weighted by molar-refractivity contribution is 6.38. The molecule has 0 unspecified atom stereocenters. The molecule has 4 rings (SSSR count). The SMILES string of the molecule is Cc1cc(C)cc(C(=O)N2CCN(C(=O)C3=NCCC(c4ccccc4)=CN3)C(C)(C)C2)c1. The summed E-state index contributed by atoms with van der Waals surface area (Å²) in [5.74, 6) is 0.259. The fourth-order valence-corrected chi connectivity index (χ4v) is 4.68. The first-order chi connectivity index (χ1) is 15.7. The Hall–Kier alpha value is -3.41. The van der Waals surface area contributed by atoms with E-state index in [9.17, 15) is 9.59 Å². The number of amides is 2. The van der Waals surface area contributed by atoms with Gasteiger partial charge in [-0.1, -0.05) is 47.5 Å². The zero-order chi connectivity index (χ0) is 23.6. The topological polar surface area (TPSA) is 65.0 Å². The van der Waals surface area contributed by atoms with Gasteiger partial charge in [0.05, 0.1) is 5.54 Å². The highest BCUT2D eigenvalue weighted by atomic mass is 16.2. The molecule has 0 radical (unpaired) electrons. The zero-order valence-electron chi connectivity index (χ0n) is 19.9. The minimum absolute atomic E-state index is 0.0161. The minimum atomic E-state index is -0.508. The van der Waals surface area contributed by atoms with Crippen LogP contribution in [0.3, 0.4) is 0 Å². The van der Waals surface area contributed by atoms with Crippen molar-refractivity contribution in [3.63, 3.8) is 0 Å². The molecule has 172 valence electrons. The predicted octanol–water partition coefficient (Wildman–Crippen LogP) is 3.80. The van der Waals surface area contributed by atoms with Crippen molar-refractivity contribution >= 4 is 23.2 Å². The molecule has 0 saturated carbocycles. The molecule has 2 heterocycles. The Morgan fingerprint density at radius 2 is 1.67 bits per heavy atom. The Balaban J connectivity index is 1.46. The standard InChI is InChI=1S/C27H32N4O2/c1-19-14-20(2)16-23(15-19)25(32)30-12-13-31(27(3,4)18-30)26(33)24-28-11-10-22(17-29-24)21-8-6-5-7-9-21/h5-9,14-17H,10-13,18H2,1-4H3,(H,28,29). The molecule has 2 aliphatic rings. The van der Waals surface area contributed by atoms with Crippen LogP contribution in [0.5, 0.6) is 0 Å². The number of rotatable bonds is 3. The second-order valence-corrected chi connectivity index (χ2v) is 9.53. The van der Waals surface area contributed by atoms with Crippen molar-refractivity contribution in [2.45, 2.75) is 39.7 Å². The average molecular weight is 445 g/mol. The fourth-order valence-electron chi connectivity index (χ4n) is 4.68. The van der Waals surface area contributed by atoms with Crippen LogP contribution in [-0.4, -0.2) is 59.2 Å². The third-order valence-electron chi connectivity index (χ3n) is 6.28. The number of carbonyl (C=O) groups excluding carboxylic acids is 2. The molecule has 6 nitrogen and oxygen atoms in total. The van der Waals surface area contributed by atoms with Gasteiger partial charge in [-0.2, -0.15) is 0 Å². The quantitative estimate of drug-likeness (QED) is 0.783. The Morgan fingerprint density at radius 1 is 0.970 bits per heavy atom. The molecule has 2 amide bonds. The molecule has 2 aromatic rings. The second-order valence-electron chi connectivity index (χ2n) is 9.53. The molecule has 33 heavy (non-hydrogen) atoms. The van der Waals surface area contributed by atoms with E-state index in [2.05, 4.69) is 28.5 Å². The van der Waals surface area contributed by atoms with Crippen LogP contribution in [0.2, 0.25) is 0 Å². The van der Waals surface area contributed by atoms with Gasteiger partial charge in [-0.3, -0.25) is 14.6 Å². The lowest BCUT2D eigenvalue weighted by atomic mass is 9.97. The summed E-state index contributed by atoms with van der Waals surface area (Å²) in [4.78, 5) is 34.8. The number of benzene rings is 2. The van der Waals surface area contributed by atoms with E-state index in [1.807, 2.05) is 74.0 Å². The maximum absolute atomic E-state index is 13.4. The molecule has 0 spiro atoms. The molecule has 2 aromatic carbocycles. The van der Waals surface area contributed by atoms with Crippen molar-refractivity contribution < 1.29 is 9.59 Å². The van der Waals surface area contributed by atoms with E-state index >= 15 is 0 Å². The summed E-state index contributed by atoms with van der Waals surface area (Å²) in [5, 5.41) is 3.15. The van der Waals surface area contributed by atoms with E-state index in [4.69, 9.17) is 0 Å². The van der Waals surface area contributed by atoms with E-state index in [-0.39, 0.29) is 11.8 Å². The van der Waals surface area contributed by atoms with Crippen molar-refractivity contribution in [1.29, 1.82) is 0 Å². The Kier molecular flexibility index (Phi) is 6.36. The van der Waals surface area contributed by atoms with Gasteiger partial charge in [0.2, 0.25) is 0 Å². The Labute approximate surface area is 196 Å². The first kappa shape index (κ1) is 22.8. The maximum Gasteiger partial charge on any atom is 0.289 e. The van der Waals surface area contributed by atoms with Gasteiger partial charge in [-0.05, 0) is 57.4 Å². The number of carbonyl (C=O) groups is 2. The molecule has 0 atom stereocenters. The summed E-state index contributed by atoms with van der Waals surface area (Å²) in [6, 6.07) is 16.1. The third kappa shape index (κ3) is 5.00. The fraction of sp³-hybridized carbons (Fsp3) is 0.370. The number of piperazine rings is 1. The Morgan fingerprint density at radius 3 is 2.33 bits per heavy atom. The summed E-state index contributed by atoms with van der Waals surface area (Å²) < 4.78 is 0. The summed E-state index contributed by atoms with van der Waals surface area (Å²) in [5.41, 5.74) is 4.61. The number of hydrogen-bond acceptors (Lipinski definition) is 4. The lowest BCUT2D eigenvalue weighted by molar-refractivity contribution is -0.132. The van der Waals surface area contributed by atoms with Crippen LogP contribution in [0.15, 0.2) is 59.7 Å². The van der Waals surface area contributed by atoms with Gasteiger partial charge >= 0.3 is 0 Å². The van der Waals surface area contributed by atoms with E-state index < -0.39 is 5.54 Å². The van der Waals surface area contributed by atoms with Crippen LogP contribution < -0.4 is 5.32 Å². The van der Waals surface area contributed by atoms with Crippen molar-refractivity contribution in [3.8, 4) is 0 Å². The summed E-state index contributed by atoms with van der Waals surface area (Å²) in [6.45, 7) is 10.0.